The van der Waals surface area contributed by atoms with E-state index in [4.69, 9.17) is 4.74 Å². The number of aromatic nitrogens is 1. The number of amides is 2. The van der Waals surface area contributed by atoms with Gasteiger partial charge in [0.15, 0.2) is 5.75 Å². The number of benzene rings is 2. The predicted molar refractivity (Wildman–Crippen MR) is 147 cm³/mol. The number of pyridine rings is 1. The van der Waals surface area contributed by atoms with E-state index >= 15 is 0 Å². The second kappa shape index (κ2) is 12.2. The molecule has 0 fully saturated rings. The zero-order valence-corrected chi connectivity index (χ0v) is 22.4. The lowest BCUT2D eigenvalue weighted by Gasteiger charge is -2.38. The summed E-state index contributed by atoms with van der Waals surface area (Å²) in [5.74, 6) is -0.249. The van der Waals surface area contributed by atoms with Crippen molar-refractivity contribution in [3.8, 4) is 5.75 Å². The number of ether oxygens (including phenoxy) is 1. The number of hydrogen-bond acceptors (Lipinski definition) is 6. The van der Waals surface area contributed by atoms with Crippen LogP contribution in [0.5, 0.6) is 5.75 Å². The van der Waals surface area contributed by atoms with Crippen LogP contribution in [0.4, 0.5) is 5.69 Å². The van der Waals surface area contributed by atoms with Gasteiger partial charge in [0.2, 0.25) is 0 Å². The summed E-state index contributed by atoms with van der Waals surface area (Å²) in [5.41, 5.74) is 3.70. The first-order valence-corrected chi connectivity index (χ1v) is 12.9. The molecule has 1 aliphatic rings. The second-order valence-corrected chi connectivity index (χ2v) is 10.1. The molecule has 2 N–H and O–H groups in total. The van der Waals surface area contributed by atoms with Crippen LogP contribution in [0.15, 0.2) is 67.0 Å². The van der Waals surface area contributed by atoms with Crippen LogP contribution in [0.25, 0.3) is 0 Å². The van der Waals surface area contributed by atoms with Gasteiger partial charge >= 0.3 is 0 Å². The largest absolute Gasteiger partial charge is 0.486 e. The zero-order valence-electron chi connectivity index (χ0n) is 22.4. The Morgan fingerprint density at radius 3 is 2.63 bits per heavy atom. The van der Waals surface area contributed by atoms with E-state index in [-0.39, 0.29) is 36.5 Å². The van der Waals surface area contributed by atoms with Crippen LogP contribution in [0.1, 0.15) is 45.7 Å². The highest BCUT2D eigenvalue weighted by Gasteiger charge is 2.34. The molecular formula is C30H36N4O4. The van der Waals surface area contributed by atoms with Crippen LogP contribution in [0.2, 0.25) is 0 Å². The highest BCUT2D eigenvalue weighted by atomic mass is 16.5. The van der Waals surface area contributed by atoms with E-state index < -0.39 is 0 Å². The van der Waals surface area contributed by atoms with Gasteiger partial charge in [0.05, 0.1) is 23.9 Å². The van der Waals surface area contributed by atoms with Crippen molar-refractivity contribution in [2.24, 2.45) is 5.92 Å². The molecule has 0 saturated heterocycles. The fraction of sp³-hybridized carbons (Fsp3) is 0.367. The molecule has 0 aliphatic carbocycles. The zero-order chi connectivity index (χ0) is 27.2. The Morgan fingerprint density at radius 1 is 1.18 bits per heavy atom. The molecule has 38 heavy (non-hydrogen) atoms. The molecule has 2 aromatic carbocycles. The maximum atomic E-state index is 13.7. The van der Waals surface area contributed by atoms with Gasteiger partial charge in [-0.1, -0.05) is 37.3 Å². The van der Waals surface area contributed by atoms with Gasteiger partial charge in [-0.15, -0.1) is 0 Å². The lowest BCUT2D eigenvalue weighted by Crippen LogP contribution is -2.49. The molecule has 200 valence electrons. The number of carbonyl (C=O) groups is 2. The number of hydrogen-bond donors (Lipinski definition) is 2. The number of nitrogens with one attached hydrogen (secondary N) is 1. The summed E-state index contributed by atoms with van der Waals surface area (Å²) in [6, 6.07) is 16.4. The number of nitrogens with zero attached hydrogens (tertiary/aromatic N) is 3. The third kappa shape index (κ3) is 6.20. The molecule has 8 heteroatoms. The monoisotopic (exact) mass is 516 g/mol. The van der Waals surface area contributed by atoms with Crippen LogP contribution in [-0.4, -0.2) is 70.6 Å². The lowest BCUT2D eigenvalue weighted by atomic mass is 9.98. The summed E-state index contributed by atoms with van der Waals surface area (Å²) in [5, 5.41) is 12.8. The Hall–Kier alpha value is -3.75. The molecule has 3 atom stereocenters. The van der Waals surface area contributed by atoms with Crippen molar-refractivity contribution in [2.75, 3.05) is 32.1 Å². The number of aryl methyl sites for hydroxylation is 1. The Kier molecular flexibility index (Phi) is 8.76. The topological polar surface area (TPSA) is 95.0 Å². The lowest BCUT2D eigenvalue weighted by molar-refractivity contribution is 0.0343. The average Bonchev–Trinajstić information content (AvgIpc) is 2.92. The fourth-order valence-corrected chi connectivity index (χ4v) is 4.71. The summed E-state index contributed by atoms with van der Waals surface area (Å²) in [6.07, 6.45) is 2.84. The van der Waals surface area contributed by atoms with Crippen molar-refractivity contribution in [3.63, 3.8) is 0 Å². The summed E-state index contributed by atoms with van der Waals surface area (Å²) in [4.78, 5) is 34.5. The highest BCUT2D eigenvalue weighted by molar-refractivity contribution is 6.07. The van der Waals surface area contributed by atoms with E-state index in [1.165, 1.54) is 11.1 Å². The van der Waals surface area contributed by atoms with Crippen molar-refractivity contribution in [1.29, 1.82) is 0 Å². The fourth-order valence-electron chi connectivity index (χ4n) is 4.71. The maximum Gasteiger partial charge on any atom is 0.258 e. The van der Waals surface area contributed by atoms with Gasteiger partial charge in [-0.3, -0.25) is 19.5 Å². The van der Waals surface area contributed by atoms with Crippen LogP contribution in [-0.2, 0) is 6.54 Å². The van der Waals surface area contributed by atoms with Gasteiger partial charge in [0.25, 0.3) is 11.8 Å². The molecule has 1 aromatic heterocycles. The van der Waals surface area contributed by atoms with Crippen molar-refractivity contribution < 1.29 is 19.4 Å². The maximum absolute atomic E-state index is 13.7. The number of aliphatic hydroxyl groups excluding tert-OH is 1. The Balaban J connectivity index is 1.67. The molecule has 2 heterocycles. The summed E-state index contributed by atoms with van der Waals surface area (Å²) in [7, 11) is 2.05. The van der Waals surface area contributed by atoms with Crippen LogP contribution >= 0.6 is 0 Å². The minimum atomic E-state index is -0.365. The Bertz CT molecular complexity index is 1270. The highest BCUT2D eigenvalue weighted by Crippen LogP contribution is 2.35. The SMILES string of the molecule is Cc1ccccc1CN(C)C[C@H]1Oc2c(NC(=O)c3ccncc3)cccc2C(=O)N([C@@H](C)CO)C[C@@H]1C. The van der Waals surface area contributed by atoms with E-state index in [1.54, 1.807) is 47.6 Å². The Labute approximate surface area is 224 Å². The number of likely N-dealkylation sites (N-methyl/N-ethyl adjacent to an activating group) is 1. The third-order valence-electron chi connectivity index (χ3n) is 7.08. The number of aliphatic hydroxyl groups is 1. The summed E-state index contributed by atoms with van der Waals surface area (Å²) >= 11 is 0. The van der Waals surface area contributed by atoms with Crippen molar-refractivity contribution in [2.45, 2.75) is 39.5 Å². The molecule has 0 saturated carbocycles. The first kappa shape index (κ1) is 27.3. The molecule has 0 radical (unpaired) electrons. The molecule has 0 bridgehead atoms. The van der Waals surface area contributed by atoms with Gasteiger partial charge in [-0.2, -0.15) is 0 Å². The number of anilines is 1. The third-order valence-corrected chi connectivity index (χ3v) is 7.08. The van der Waals surface area contributed by atoms with Crippen LogP contribution in [0.3, 0.4) is 0 Å². The first-order valence-electron chi connectivity index (χ1n) is 12.9. The number of fused-ring (bicyclic) bond motifs is 1. The van der Waals surface area contributed by atoms with Gasteiger partial charge in [-0.25, -0.2) is 0 Å². The molecule has 0 spiro atoms. The molecule has 4 rings (SSSR count). The van der Waals surface area contributed by atoms with Crippen LogP contribution < -0.4 is 10.1 Å². The Morgan fingerprint density at radius 2 is 1.92 bits per heavy atom. The quantitative estimate of drug-likeness (QED) is 0.470. The van der Waals surface area contributed by atoms with E-state index in [0.29, 0.717) is 35.7 Å². The van der Waals surface area contributed by atoms with Gasteiger partial charge in [-0.05, 0) is 56.3 Å². The minimum Gasteiger partial charge on any atom is -0.486 e. The van der Waals surface area contributed by atoms with Gasteiger partial charge in [0.1, 0.15) is 6.10 Å². The first-order chi connectivity index (χ1) is 18.3. The molecule has 8 nitrogen and oxygen atoms in total. The number of rotatable bonds is 8. The van der Waals surface area contributed by atoms with Crippen molar-refractivity contribution >= 4 is 17.5 Å². The van der Waals surface area contributed by atoms with Crippen molar-refractivity contribution in [3.05, 3.63) is 89.2 Å². The second-order valence-electron chi connectivity index (χ2n) is 10.1. The summed E-state index contributed by atoms with van der Waals surface area (Å²) in [6.45, 7) is 7.65. The molecule has 2 amide bonds. The van der Waals surface area contributed by atoms with E-state index in [0.717, 1.165) is 6.54 Å². The smallest absolute Gasteiger partial charge is 0.258 e. The molecule has 3 aromatic rings. The normalized spacial score (nSPS) is 18.3. The number of para-hydroxylation sites is 1. The van der Waals surface area contributed by atoms with Crippen molar-refractivity contribution in [1.82, 2.24) is 14.8 Å². The molecule has 0 unspecified atom stereocenters. The summed E-state index contributed by atoms with van der Waals surface area (Å²) < 4.78 is 6.61. The minimum absolute atomic E-state index is 0.0376. The number of carbonyl (C=O) groups excluding carboxylic acids is 2. The average molecular weight is 517 g/mol. The van der Waals surface area contributed by atoms with E-state index in [1.807, 2.05) is 19.1 Å². The molecular weight excluding hydrogens is 480 g/mol. The van der Waals surface area contributed by atoms with Gasteiger partial charge in [0, 0.05) is 43.5 Å². The van der Waals surface area contributed by atoms with Crippen LogP contribution in [0, 0.1) is 12.8 Å². The predicted octanol–water partition coefficient (Wildman–Crippen LogP) is 3.99. The molecule has 1 aliphatic heterocycles. The standard InChI is InChI=1S/C30H36N4O4/c1-20-8-5-6-9-24(20)17-33(4)18-27-21(2)16-34(22(3)19-35)30(37)25-10-7-11-26(28(25)38-27)32-29(36)23-12-14-31-15-13-23/h5-15,21-22,27,35H,16-19H2,1-4H3,(H,32,36)/t21-,22-,27+/m0/s1. The van der Waals surface area contributed by atoms with Gasteiger partial charge < -0.3 is 20.1 Å². The van der Waals surface area contributed by atoms with E-state index in [9.17, 15) is 14.7 Å². The van der Waals surface area contributed by atoms with E-state index in [2.05, 4.69) is 48.2 Å².